The smallest absolute Gasteiger partial charge is 0.335 e. The number of aliphatic hydroxyl groups excluding tert-OH is 2. The predicted molar refractivity (Wildman–Crippen MR) is 48.4 cm³/mol. The maximum absolute atomic E-state index is 9.83. The van der Waals surface area contributed by atoms with Gasteiger partial charge in [-0.2, -0.15) is 0 Å². The molecule has 9 heteroatoms. The Morgan fingerprint density at radius 2 is 1.44 bits per heavy atom. The van der Waals surface area contributed by atoms with Gasteiger partial charge < -0.3 is 30.9 Å². The normalized spacial score (nSPS) is 12.8. The molecule has 0 aliphatic rings. The van der Waals surface area contributed by atoms with E-state index in [4.69, 9.17) is 26.2 Å². The lowest BCUT2D eigenvalue weighted by molar-refractivity contribution is -0.165. The van der Waals surface area contributed by atoms with Gasteiger partial charge in [-0.15, -0.1) is 0 Å². The fourth-order valence-electron chi connectivity index (χ4n) is 0.353. The quantitative estimate of drug-likeness (QED) is 0.321. The number of esters is 1. The minimum Gasteiger partial charge on any atom is -0.479 e. The van der Waals surface area contributed by atoms with Crippen LogP contribution < -0.4 is 5.73 Å². The van der Waals surface area contributed by atoms with Crippen molar-refractivity contribution >= 4 is 17.9 Å². The molecule has 0 aliphatic carbocycles. The highest BCUT2D eigenvalue weighted by atomic mass is 16.5. The van der Waals surface area contributed by atoms with Crippen LogP contribution in [0.4, 0.5) is 0 Å². The number of aliphatic carboxylic acids is 2. The zero-order valence-corrected chi connectivity index (χ0v) is 8.36. The molecule has 0 spiro atoms. The molecule has 0 heterocycles. The molecule has 0 aliphatic heterocycles. The van der Waals surface area contributed by atoms with Crippen LogP contribution in [0, 0.1) is 0 Å². The average molecular weight is 239 g/mol. The molecule has 9 nitrogen and oxygen atoms in total. The van der Waals surface area contributed by atoms with Gasteiger partial charge in [0.25, 0.3) is 0 Å². The molecule has 2 unspecified atom stereocenters. The van der Waals surface area contributed by atoms with Crippen molar-refractivity contribution in [3.8, 4) is 0 Å². The molecule has 0 aromatic carbocycles. The van der Waals surface area contributed by atoms with Crippen LogP contribution in [0.5, 0.6) is 0 Å². The van der Waals surface area contributed by atoms with Gasteiger partial charge in [0.15, 0.2) is 12.2 Å². The van der Waals surface area contributed by atoms with E-state index >= 15 is 0 Å². The molecule has 0 saturated carbocycles. The highest BCUT2D eigenvalue weighted by Crippen LogP contribution is 1.92. The molecule has 0 aromatic rings. The number of ether oxygens (including phenoxy) is 1. The summed E-state index contributed by atoms with van der Waals surface area (Å²) < 4.78 is 4.14. The molecule has 0 amide bonds. The SMILES string of the molecule is COC(=O)CN.O=C(O)C(O)C(O)C(=O)O. The number of nitrogens with two attached hydrogens (primary N) is 1. The lowest BCUT2D eigenvalue weighted by atomic mass is 10.2. The van der Waals surface area contributed by atoms with E-state index in [9.17, 15) is 14.4 Å². The first kappa shape index (κ1) is 16.7. The first-order valence-corrected chi connectivity index (χ1v) is 3.86. The van der Waals surface area contributed by atoms with Crippen molar-refractivity contribution in [2.45, 2.75) is 12.2 Å². The molecule has 0 aromatic heterocycles. The van der Waals surface area contributed by atoms with Gasteiger partial charge in [-0.05, 0) is 0 Å². The zero-order valence-electron chi connectivity index (χ0n) is 8.36. The number of methoxy groups -OCH3 is 1. The second-order valence-electron chi connectivity index (χ2n) is 2.35. The molecule has 6 N–H and O–H groups in total. The maximum atomic E-state index is 9.83. The van der Waals surface area contributed by atoms with E-state index in [1.165, 1.54) is 7.11 Å². The van der Waals surface area contributed by atoms with Crippen molar-refractivity contribution in [1.29, 1.82) is 0 Å². The van der Waals surface area contributed by atoms with Crippen LogP contribution in [0.1, 0.15) is 0 Å². The van der Waals surface area contributed by atoms with Crippen LogP contribution in [-0.2, 0) is 19.1 Å². The molecule has 0 rings (SSSR count). The van der Waals surface area contributed by atoms with Crippen molar-refractivity contribution in [3.63, 3.8) is 0 Å². The van der Waals surface area contributed by atoms with Crippen LogP contribution in [0.3, 0.4) is 0 Å². The number of carboxylic acid groups (broad SMARTS) is 2. The fourth-order valence-corrected chi connectivity index (χ4v) is 0.353. The Morgan fingerprint density at radius 1 is 1.12 bits per heavy atom. The molecule has 94 valence electrons. The average Bonchev–Trinajstić information content (AvgIpc) is 2.26. The molecular formula is C7H13NO8. The van der Waals surface area contributed by atoms with Crippen LogP contribution in [-0.4, -0.2) is 64.2 Å². The minimum atomic E-state index is -2.27. The van der Waals surface area contributed by atoms with Crippen LogP contribution in [0.25, 0.3) is 0 Å². The Balaban J connectivity index is 0. The summed E-state index contributed by atoms with van der Waals surface area (Å²) in [7, 11) is 1.30. The third-order valence-electron chi connectivity index (χ3n) is 1.20. The first-order valence-electron chi connectivity index (χ1n) is 3.86. The summed E-state index contributed by atoms with van der Waals surface area (Å²) in [4.78, 5) is 29.4. The molecular weight excluding hydrogens is 226 g/mol. The molecule has 0 fully saturated rings. The fraction of sp³-hybridized carbons (Fsp3) is 0.571. The number of carboxylic acids is 2. The van der Waals surface area contributed by atoms with E-state index in [0.717, 1.165) is 0 Å². The number of carbonyl (C=O) groups is 3. The van der Waals surface area contributed by atoms with Crippen molar-refractivity contribution in [1.82, 2.24) is 0 Å². The van der Waals surface area contributed by atoms with Gasteiger partial charge in [0.1, 0.15) is 0 Å². The summed E-state index contributed by atoms with van der Waals surface area (Å²) in [5.41, 5.74) is 4.81. The van der Waals surface area contributed by atoms with Gasteiger partial charge >= 0.3 is 17.9 Å². The number of aliphatic hydroxyl groups is 2. The zero-order chi connectivity index (χ0) is 13.3. The van der Waals surface area contributed by atoms with Gasteiger partial charge in [-0.3, -0.25) is 4.79 Å². The van der Waals surface area contributed by atoms with E-state index < -0.39 is 24.1 Å². The highest BCUT2D eigenvalue weighted by molar-refractivity contribution is 5.83. The standard InChI is InChI=1S/C4H6O6.C3H7NO2/c5-1(3(7)8)2(6)4(9)10;1-6-3(5)2-4/h1-2,5-6H,(H,7,8)(H,9,10);2,4H2,1H3. The van der Waals surface area contributed by atoms with E-state index in [1.54, 1.807) is 0 Å². The lowest BCUT2D eigenvalue weighted by Crippen LogP contribution is -2.39. The maximum Gasteiger partial charge on any atom is 0.335 e. The molecule has 0 saturated heterocycles. The summed E-state index contributed by atoms with van der Waals surface area (Å²) in [5.74, 6) is -3.92. The molecule has 0 bridgehead atoms. The Labute approximate surface area is 90.0 Å². The summed E-state index contributed by atoms with van der Waals surface area (Å²) in [6.45, 7) is -0.0312. The predicted octanol–water partition coefficient (Wildman–Crippen LogP) is -3.00. The third kappa shape index (κ3) is 7.67. The van der Waals surface area contributed by atoms with Gasteiger partial charge in [0.05, 0.1) is 13.7 Å². The monoisotopic (exact) mass is 239 g/mol. The van der Waals surface area contributed by atoms with Crippen LogP contribution in [0.2, 0.25) is 0 Å². The van der Waals surface area contributed by atoms with Crippen molar-refractivity contribution < 1.29 is 39.5 Å². The summed E-state index contributed by atoms with van der Waals surface area (Å²) in [6, 6.07) is 0. The number of carbonyl (C=O) groups excluding carboxylic acids is 1. The van der Waals surface area contributed by atoms with Crippen LogP contribution >= 0.6 is 0 Å². The second-order valence-corrected chi connectivity index (χ2v) is 2.35. The van der Waals surface area contributed by atoms with Crippen molar-refractivity contribution in [2.75, 3.05) is 13.7 Å². The van der Waals surface area contributed by atoms with Gasteiger partial charge in [-0.25, -0.2) is 9.59 Å². The molecule has 16 heavy (non-hydrogen) atoms. The summed E-state index contributed by atoms with van der Waals surface area (Å²) >= 11 is 0. The van der Waals surface area contributed by atoms with Crippen molar-refractivity contribution in [2.24, 2.45) is 5.73 Å². The summed E-state index contributed by atoms with van der Waals surface area (Å²) in [6.07, 6.45) is -4.53. The Hall–Kier alpha value is -1.71. The third-order valence-corrected chi connectivity index (χ3v) is 1.20. The Morgan fingerprint density at radius 3 is 1.50 bits per heavy atom. The topological polar surface area (TPSA) is 167 Å². The van der Waals surface area contributed by atoms with Crippen molar-refractivity contribution in [3.05, 3.63) is 0 Å². The minimum absolute atomic E-state index is 0.0312. The van der Waals surface area contributed by atoms with E-state index in [1.807, 2.05) is 0 Å². The number of hydrogen-bond acceptors (Lipinski definition) is 7. The molecule has 0 radical (unpaired) electrons. The number of rotatable bonds is 4. The lowest BCUT2D eigenvalue weighted by Gasteiger charge is -2.07. The van der Waals surface area contributed by atoms with E-state index in [2.05, 4.69) is 4.74 Å². The first-order chi connectivity index (χ1) is 7.27. The van der Waals surface area contributed by atoms with Gasteiger partial charge in [0.2, 0.25) is 0 Å². The molecule has 2 atom stereocenters. The van der Waals surface area contributed by atoms with E-state index in [-0.39, 0.29) is 12.5 Å². The highest BCUT2D eigenvalue weighted by Gasteiger charge is 2.29. The second kappa shape index (κ2) is 8.59. The van der Waals surface area contributed by atoms with Gasteiger partial charge in [0, 0.05) is 0 Å². The van der Waals surface area contributed by atoms with Gasteiger partial charge in [-0.1, -0.05) is 0 Å². The number of hydrogen-bond donors (Lipinski definition) is 5. The summed E-state index contributed by atoms with van der Waals surface area (Å²) in [5, 5.41) is 32.5. The Kier molecular flexibility index (Phi) is 8.97. The Bertz CT molecular complexity index is 229. The van der Waals surface area contributed by atoms with Crippen LogP contribution in [0.15, 0.2) is 0 Å². The largest absolute Gasteiger partial charge is 0.479 e. The van der Waals surface area contributed by atoms with E-state index in [0.29, 0.717) is 0 Å².